The SMILES string of the molecule is CN=C(NCc1ccccc1[N+](=O)[O-])NCC(C(C)C)N1CCOCC1. The van der Waals surface area contributed by atoms with Gasteiger partial charge in [0.1, 0.15) is 0 Å². The Morgan fingerprint density at radius 3 is 2.62 bits per heavy atom. The minimum Gasteiger partial charge on any atom is -0.379 e. The Bertz CT molecular complexity index is 615. The van der Waals surface area contributed by atoms with Crippen molar-refractivity contribution in [1.29, 1.82) is 0 Å². The third-order valence-corrected chi connectivity index (χ3v) is 4.62. The van der Waals surface area contributed by atoms with Crippen molar-refractivity contribution in [2.45, 2.75) is 26.4 Å². The van der Waals surface area contributed by atoms with Crippen molar-refractivity contribution in [2.75, 3.05) is 39.9 Å². The van der Waals surface area contributed by atoms with Gasteiger partial charge < -0.3 is 15.4 Å². The van der Waals surface area contributed by atoms with Gasteiger partial charge in [-0.25, -0.2) is 0 Å². The molecule has 1 aromatic rings. The number of morpholine rings is 1. The normalized spacial score (nSPS) is 17.2. The molecule has 26 heavy (non-hydrogen) atoms. The Balaban J connectivity index is 1.91. The van der Waals surface area contributed by atoms with Crippen molar-refractivity contribution in [3.05, 3.63) is 39.9 Å². The molecular weight excluding hydrogens is 334 g/mol. The van der Waals surface area contributed by atoms with Crippen LogP contribution in [0.4, 0.5) is 5.69 Å². The van der Waals surface area contributed by atoms with Gasteiger partial charge in [0.15, 0.2) is 5.96 Å². The molecule has 2 rings (SSSR count). The number of nitrogens with one attached hydrogen (secondary N) is 2. The van der Waals surface area contributed by atoms with Crippen LogP contribution in [0.15, 0.2) is 29.3 Å². The van der Waals surface area contributed by atoms with Gasteiger partial charge in [-0.1, -0.05) is 32.0 Å². The summed E-state index contributed by atoms with van der Waals surface area (Å²) in [4.78, 5) is 17.4. The van der Waals surface area contributed by atoms with Crippen LogP contribution in [-0.2, 0) is 11.3 Å². The van der Waals surface area contributed by atoms with E-state index in [4.69, 9.17) is 4.74 Å². The third kappa shape index (κ3) is 5.67. The molecule has 1 saturated heterocycles. The number of nitro benzene ring substituents is 1. The van der Waals surface area contributed by atoms with Crippen LogP contribution in [0.2, 0.25) is 0 Å². The van der Waals surface area contributed by atoms with Crippen LogP contribution >= 0.6 is 0 Å². The van der Waals surface area contributed by atoms with Crippen LogP contribution in [0.5, 0.6) is 0 Å². The molecule has 144 valence electrons. The lowest BCUT2D eigenvalue weighted by Gasteiger charge is -2.37. The summed E-state index contributed by atoms with van der Waals surface area (Å²) in [5, 5.41) is 17.6. The van der Waals surface area contributed by atoms with Gasteiger partial charge in [-0.05, 0) is 5.92 Å². The van der Waals surface area contributed by atoms with Crippen LogP contribution in [-0.4, -0.2) is 61.7 Å². The zero-order valence-corrected chi connectivity index (χ0v) is 15.8. The summed E-state index contributed by atoms with van der Waals surface area (Å²) in [7, 11) is 1.70. The fraction of sp³-hybridized carbons (Fsp3) is 0.611. The zero-order valence-electron chi connectivity index (χ0n) is 15.8. The summed E-state index contributed by atoms with van der Waals surface area (Å²) in [5.41, 5.74) is 0.748. The Hall–Kier alpha value is -2.19. The van der Waals surface area contributed by atoms with Crippen molar-refractivity contribution >= 4 is 11.6 Å². The molecule has 1 fully saturated rings. The van der Waals surface area contributed by atoms with Crippen LogP contribution < -0.4 is 10.6 Å². The Morgan fingerprint density at radius 1 is 1.31 bits per heavy atom. The molecule has 8 heteroatoms. The minimum absolute atomic E-state index is 0.115. The molecule has 1 aliphatic rings. The van der Waals surface area contributed by atoms with E-state index in [1.807, 2.05) is 0 Å². The maximum atomic E-state index is 11.1. The van der Waals surface area contributed by atoms with Gasteiger partial charge in [-0.2, -0.15) is 0 Å². The van der Waals surface area contributed by atoms with Gasteiger partial charge in [0.25, 0.3) is 5.69 Å². The van der Waals surface area contributed by atoms with E-state index in [1.54, 1.807) is 25.2 Å². The van der Waals surface area contributed by atoms with Crippen LogP contribution in [0.1, 0.15) is 19.4 Å². The van der Waals surface area contributed by atoms with Crippen LogP contribution in [0, 0.1) is 16.0 Å². The lowest BCUT2D eigenvalue weighted by molar-refractivity contribution is -0.385. The molecule has 2 N–H and O–H groups in total. The molecule has 0 saturated carbocycles. The van der Waals surface area contributed by atoms with Gasteiger partial charge in [0.05, 0.1) is 18.1 Å². The van der Waals surface area contributed by atoms with E-state index >= 15 is 0 Å². The lowest BCUT2D eigenvalue weighted by Crippen LogP contribution is -2.52. The first-order valence-electron chi connectivity index (χ1n) is 9.01. The first-order valence-corrected chi connectivity index (χ1v) is 9.01. The number of ether oxygens (including phenoxy) is 1. The summed E-state index contributed by atoms with van der Waals surface area (Å²) in [5.74, 6) is 1.14. The average molecular weight is 363 g/mol. The third-order valence-electron chi connectivity index (χ3n) is 4.62. The van der Waals surface area contributed by atoms with Crippen molar-refractivity contribution in [3.8, 4) is 0 Å². The standard InChI is InChI=1S/C18H29N5O3/c1-14(2)17(22-8-10-26-11-9-22)13-21-18(19-3)20-12-15-6-4-5-7-16(15)23(24)25/h4-7,14,17H,8-13H2,1-3H3,(H2,19,20,21). The number of rotatable bonds is 7. The maximum Gasteiger partial charge on any atom is 0.274 e. The van der Waals surface area contributed by atoms with Gasteiger partial charge in [-0.3, -0.25) is 20.0 Å². The molecule has 0 spiro atoms. The lowest BCUT2D eigenvalue weighted by atomic mass is 10.0. The van der Waals surface area contributed by atoms with Crippen LogP contribution in [0.3, 0.4) is 0 Å². The van der Waals surface area contributed by atoms with Gasteiger partial charge >= 0.3 is 0 Å². The predicted octanol–water partition coefficient (Wildman–Crippen LogP) is 1.62. The summed E-state index contributed by atoms with van der Waals surface area (Å²) in [6.45, 7) is 8.95. The van der Waals surface area contributed by atoms with E-state index in [0.29, 0.717) is 30.0 Å². The number of benzene rings is 1. The van der Waals surface area contributed by atoms with Crippen molar-refractivity contribution in [2.24, 2.45) is 10.9 Å². The fourth-order valence-corrected chi connectivity index (χ4v) is 3.13. The number of para-hydroxylation sites is 1. The quantitative estimate of drug-likeness (QED) is 0.331. The van der Waals surface area contributed by atoms with E-state index in [-0.39, 0.29) is 10.6 Å². The fourth-order valence-electron chi connectivity index (χ4n) is 3.13. The van der Waals surface area contributed by atoms with E-state index in [1.165, 1.54) is 6.07 Å². The molecule has 1 aromatic carbocycles. The largest absolute Gasteiger partial charge is 0.379 e. The van der Waals surface area contributed by atoms with Crippen molar-refractivity contribution in [1.82, 2.24) is 15.5 Å². The topological polar surface area (TPSA) is 92.0 Å². The Kier molecular flexibility index (Phi) is 7.80. The van der Waals surface area contributed by atoms with Gasteiger partial charge in [0, 0.05) is 50.9 Å². The number of nitro groups is 1. The maximum absolute atomic E-state index is 11.1. The van der Waals surface area contributed by atoms with Crippen molar-refractivity contribution in [3.63, 3.8) is 0 Å². The number of aliphatic imine (C=N–C) groups is 1. The van der Waals surface area contributed by atoms with E-state index in [2.05, 4.69) is 34.4 Å². The first-order chi connectivity index (χ1) is 12.5. The number of hydrogen-bond acceptors (Lipinski definition) is 5. The molecule has 1 atom stereocenters. The number of nitrogens with zero attached hydrogens (tertiary/aromatic N) is 3. The molecule has 0 aromatic heterocycles. The highest BCUT2D eigenvalue weighted by atomic mass is 16.6. The minimum atomic E-state index is -0.361. The molecule has 1 unspecified atom stereocenters. The molecular formula is C18H29N5O3. The summed E-state index contributed by atoms with van der Waals surface area (Å²) < 4.78 is 5.44. The van der Waals surface area contributed by atoms with Crippen LogP contribution in [0.25, 0.3) is 0 Å². The molecule has 0 radical (unpaired) electrons. The second kappa shape index (κ2) is 10.1. The smallest absolute Gasteiger partial charge is 0.274 e. The highest BCUT2D eigenvalue weighted by Gasteiger charge is 2.24. The first kappa shape index (κ1) is 20.1. The highest BCUT2D eigenvalue weighted by Crippen LogP contribution is 2.17. The average Bonchev–Trinajstić information content (AvgIpc) is 2.65. The second-order valence-electron chi connectivity index (χ2n) is 6.65. The van der Waals surface area contributed by atoms with E-state index in [9.17, 15) is 10.1 Å². The van der Waals surface area contributed by atoms with Crippen molar-refractivity contribution < 1.29 is 9.66 Å². The molecule has 1 heterocycles. The molecule has 0 amide bonds. The summed E-state index contributed by atoms with van der Waals surface area (Å²) in [6.07, 6.45) is 0. The summed E-state index contributed by atoms with van der Waals surface area (Å²) in [6, 6.07) is 7.12. The second-order valence-corrected chi connectivity index (χ2v) is 6.65. The Labute approximate surface area is 154 Å². The number of hydrogen-bond donors (Lipinski definition) is 2. The monoisotopic (exact) mass is 363 g/mol. The zero-order chi connectivity index (χ0) is 18.9. The van der Waals surface area contributed by atoms with E-state index < -0.39 is 0 Å². The number of guanidine groups is 1. The van der Waals surface area contributed by atoms with Gasteiger partial charge in [-0.15, -0.1) is 0 Å². The highest BCUT2D eigenvalue weighted by molar-refractivity contribution is 5.79. The molecule has 1 aliphatic heterocycles. The predicted molar refractivity (Wildman–Crippen MR) is 102 cm³/mol. The Morgan fingerprint density at radius 2 is 2.00 bits per heavy atom. The molecule has 8 nitrogen and oxygen atoms in total. The molecule has 0 aliphatic carbocycles. The molecule has 0 bridgehead atoms. The van der Waals surface area contributed by atoms with Gasteiger partial charge in [0.2, 0.25) is 0 Å². The van der Waals surface area contributed by atoms with E-state index in [0.717, 1.165) is 32.8 Å². The summed E-state index contributed by atoms with van der Waals surface area (Å²) >= 11 is 0.